The van der Waals surface area contributed by atoms with Crippen LogP contribution in [0.3, 0.4) is 0 Å². The third kappa shape index (κ3) is 7.08. The third-order valence-corrected chi connectivity index (χ3v) is 4.17. The second kappa shape index (κ2) is 10.4. The van der Waals surface area contributed by atoms with Crippen LogP contribution < -0.4 is 10.1 Å². The highest BCUT2D eigenvalue weighted by molar-refractivity contribution is 5.78. The van der Waals surface area contributed by atoms with Crippen LogP contribution in [0, 0.1) is 0 Å². The Morgan fingerprint density at radius 1 is 1.00 bits per heavy atom. The summed E-state index contributed by atoms with van der Waals surface area (Å²) in [6.45, 7) is -1.27. The van der Waals surface area contributed by atoms with Crippen molar-refractivity contribution < 1.29 is 27.1 Å². The molecule has 0 unspecified atom stereocenters. The Labute approximate surface area is 167 Å². The second-order valence-electron chi connectivity index (χ2n) is 6.43. The first kappa shape index (κ1) is 20.6. The van der Waals surface area contributed by atoms with Crippen molar-refractivity contribution in [3.8, 4) is 5.75 Å². The summed E-state index contributed by atoms with van der Waals surface area (Å²) < 4.78 is 39.4. The molecule has 1 aromatic carbocycles. The average molecular weight is 404 g/mol. The number of nitrogens with zero attached hydrogens (tertiary/aromatic N) is 1. The van der Waals surface area contributed by atoms with Crippen LogP contribution in [0.4, 0.5) is 8.78 Å². The van der Waals surface area contributed by atoms with E-state index in [-0.39, 0.29) is 18.2 Å². The Morgan fingerprint density at radius 2 is 1.62 bits per heavy atom. The first-order chi connectivity index (χ1) is 14.1. The minimum atomic E-state index is -2.84. The van der Waals surface area contributed by atoms with Crippen LogP contribution in [-0.2, 0) is 24.3 Å². The lowest BCUT2D eigenvalue weighted by molar-refractivity contribution is -0.122. The smallest absolute Gasteiger partial charge is 0.387 e. The number of amides is 1. The van der Waals surface area contributed by atoms with Gasteiger partial charge in [-0.3, -0.25) is 9.69 Å². The maximum atomic E-state index is 12.4. The van der Waals surface area contributed by atoms with E-state index in [1.807, 2.05) is 17.0 Å². The van der Waals surface area contributed by atoms with E-state index in [1.165, 1.54) is 12.1 Å². The van der Waals surface area contributed by atoms with Gasteiger partial charge in [0.25, 0.3) is 0 Å². The largest absolute Gasteiger partial charge is 0.468 e. The van der Waals surface area contributed by atoms with Crippen molar-refractivity contribution in [3.05, 3.63) is 78.1 Å². The maximum absolute atomic E-state index is 12.4. The quantitative estimate of drug-likeness (QED) is 0.526. The number of furan rings is 2. The van der Waals surface area contributed by atoms with E-state index in [2.05, 4.69) is 10.1 Å². The van der Waals surface area contributed by atoms with Gasteiger partial charge in [-0.25, -0.2) is 0 Å². The highest BCUT2D eigenvalue weighted by atomic mass is 19.3. The third-order valence-electron chi connectivity index (χ3n) is 4.17. The second-order valence-corrected chi connectivity index (χ2v) is 6.43. The SMILES string of the molecule is O=C(CN(Cc1ccco1)Cc1ccco1)NCCc1ccc(OC(F)F)cc1. The van der Waals surface area contributed by atoms with Crippen LogP contribution in [0.5, 0.6) is 5.75 Å². The summed E-state index contributed by atoms with van der Waals surface area (Å²) in [7, 11) is 0. The van der Waals surface area contributed by atoms with Crippen molar-refractivity contribution in [1.82, 2.24) is 10.2 Å². The number of hydrogen-bond donors (Lipinski definition) is 1. The fourth-order valence-corrected chi connectivity index (χ4v) is 2.86. The number of alkyl halides is 2. The Hall–Kier alpha value is -3.13. The van der Waals surface area contributed by atoms with Crippen molar-refractivity contribution in [2.45, 2.75) is 26.1 Å². The number of rotatable bonds is 11. The van der Waals surface area contributed by atoms with Crippen molar-refractivity contribution in [2.24, 2.45) is 0 Å². The minimum Gasteiger partial charge on any atom is -0.468 e. The molecule has 0 bridgehead atoms. The first-order valence-corrected chi connectivity index (χ1v) is 9.16. The van der Waals surface area contributed by atoms with E-state index in [9.17, 15) is 13.6 Å². The normalized spacial score (nSPS) is 11.2. The maximum Gasteiger partial charge on any atom is 0.387 e. The molecule has 1 N–H and O–H groups in total. The standard InChI is InChI=1S/C21H22F2N2O4/c22-21(23)29-17-7-5-16(6-8-17)9-10-24-20(26)15-25(13-18-3-1-11-27-18)14-19-4-2-12-28-19/h1-8,11-12,21H,9-10,13-15H2,(H,24,26). The molecule has 8 heteroatoms. The summed E-state index contributed by atoms with van der Waals surface area (Å²) in [4.78, 5) is 14.3. The zero-order chi connectivity index (χ0) is 20.5. The number of nitrogens with one attached hydrogen (secondary N) is 1. The van der Waals surface area contributed by atoms with Gasteiger partial charge in [-0.15, -0.1) is 0 Å². The highest BCUT2D eigenvalue weighted by Crippen LogP contribution is 2.15. The highest BCUT2D eigenvalue weighted by Gasteiger charge is 2.14. The molecule has 0 fully saturated rings. The van der Waals surface area contributed by atoms with Gasteiger partial charge in [-0.1, -0.05) is 12.1 Å². The summed E-state index contributed by atoms with van der Waals surface area (Å²) in [5, 5.41) is 2.87. The lowest BCUT2D eigenvalue weighted by Crippen LogP contribution is -2.37. The van der Waals surface area contributed by atoms with Gasteiger partial charge in [0, 0.05) is 6.54 Å². The Bertz CT molecular complexity index is 813. The zero-order valence-corrected chi connectivity index (χ0v) is 15.7. The topological polar surface area (TPSA) is 67.9 Å². The van der Waals surface area contributed by atoms with E-state index >= 15 is 0 Å². The van der Waals surface area contributed by atoms with Crippen LogP contribution in [0.2, 0.25) is 0 Å². The molecule has 0 saturated heterocycles. The molecular formula is C21H22F2N2O4. The summed E-state index contributed by atoms with van der Waals surface area (Å²) in [5.74, 6) is 1.51. The van der Waals surface area contributed by atoms with Crippen molar-refractivity contribution in [1.29, 1.82) is 0 Å². The monoisotopic (exact) mass is 404 g/mol. The zero-order valence-electron chi connectivity index (χ0n) is 15.7. The van der Waals surface area contributed by atoms with Gasteiger partial charge < -0.3 is 18.9 Å². The van der Waals surface area contributed by atoms with E-state index in [1.54, 1.807) is 36.8 Å². The molecule has 0 aliphatic rings. The molecule has 0 radical (unpaired) electrons. The predicted octanol–water partition coefficient (Wildman–Crippen LogP) is 3.84. The number of carbonyl (C=O) groups excluding carboxylic acids is 1. The summed E-state index contributed by atoms with van der Waals surface area (Å²) >= 11 is 0. The van der Waals surface area contributed by atoms with Crippen molar-refractivity contribution >= 4 is 5.91 Å². The van der Waals surface area contributed by atoms with Gasteiger partial charge in [-0.2, -0.15) is 8.78 Å². The average Bonchev–Trinajstić information content (AvgIpc) is 3.37. The molecule has 0 saturated carbocycles. The molecule has 29 heavy (non-hydrogen) atoms. The van der Waals surface area contributed by atoms with Crippen LogP contribution >= 0.6 is 0 Å². The Morgan fingerprint density at radius 3 is 2.14 bits per heavy atom. The lowest BCUT2D eigenvalue weighted by Gasteiger charge is -2.19. The van der Waals surface area contributed by atoms with Gasteiger partial charge in [0.2, 0.25) is 5.91 Å². The molecule has 0 aliphatic heterocycles. The molecule has 6 nitrogen and oxygen atoms in total. The minimum absolute atomic E-state index is 0.110. The fraction of sp³-hybridized carbons (Fsp3) is 0.286. The van der Waals surface area contributed by atoms with Crippen LogP contribution in [0.25, 0.3) is 0 Å². The van der Waals surface area contributed by atoms with Crippen LogP contribution in [0.1, 0.15) is 17.1 Å². The molecule has 1 amide bonds. The summed E-state index contributed by atoms with van der Waals surface area (Å²) in [6.07, 6.45) is 3.77. The number of carbonyl (C=O) groups is 1. The lowest BCUT2D eigenvalue weighted by atomic mass is 10.1. The van der Waals surface area contributed by atoms with Gasteiger partial charge in [0.15, 0.2) is 0 Å². The van der Waals surface area contributed by atoms with Crippen molar-refractivity contribution in [2.75, 3.05) is 13.1 Å². The molecule has 2 aromatic heterocycles. The number of hydrogen-bond acceptors (Lipinski definition) is 5. The Kier molecular flexibility index (Phi) is 7.40. The first-order valence-electron chi connectivity index (χ1n) is 9.16. The van der Waals surface area contributed by atoms with Gasteiger partial charge in [-0.05, 0) is 48.4 Å². The van der Waals surface area contributed by atoms with Crippen LogP contribution in [0.15, 0.2) is 69.9 Å². The molecule has 0 aliphatic carbocycles. The molecule has 0 atom stereocenters. The molecular weight excluding hydrogens is 382 g/mol. The van der Waals surface area contributed by atoms with Crippen molar-refractivity contribution in [3.63, 3.8) is 0 Å². The van der Waals surface area contributed by atoms with Crippen LogP contribution in [-0.4, -0.2) is 30.5 Å². The summed E-state index contributed by atoms with van der Waals surface area (Å²) in [6, 6.07) is 13.7. The number of benzene rings is 1. The number of halogens is 2. The molecule has 3 rings (SSSR count). The molecule has 2 heterocycles. The van der Waals surface area contributed by atoms with Gasteiger partial charge >= 0.3 is 6.61 Å². The summed E-state index contributed by atoms with van der Waals surface area (Å²) in [5.41, 5.74) is 0.912. The molecule has 154 valence electrons. The molecule has 3 aromatic rings. The predicted molar refractivity (Wildman–Crippen MR) is 101 cm³/mol. The van der Waals surface area contributed by atoms with E-state index in [0.29, 0.717) is 26.1 Å². The Balaban J connectivity index is 1.46. The van der Waals surface area contributed by atoms with E-state index in [0.717, 1.165) is 17.1 Å². The van der Waals surface area contributed by atoms with E-state index in [4.69, 9.17) is 8.83 Å². The van der Waals surface area contributed by atoms with Gasteiger partial charge in [0.05, 0.1) is 32.2 Å². The van der Waals surface area contributed by atoms with Gasteiger partial charge in [0.1, 0.15) is 17.3 Å². The fourth-order valence-electron chi connectivity index (χ4n) is 2.86. The molecule has 0 spiro atoms. The number of ether oxygens (including phenoxy) is 1. The van der Waals surface area contributed by atoms with E-state index < -0.39 is 6.61 Å².